The molecule has 0 bridgehead atoms. The van der Waals surface area contributed by atoms with Gasteiger partial charge in [0, 0.05) is 26.1 Å². The van der Waals surface area contributed by atoms with E-state index in [0.717, 1.165) is 16.9 Å². The van der Waals surface area contributed by atoms with Crippen LogP contribution in [0.3, 0.4) is 0 Å². The van der Waals surface area contributed by atoms with E-state index in [9.17, 15) is 9.59 Å². The van der Waals surface area contributed by atoms with Gasteiger partial charge in [0.15, 0.2) is 4.77 Å². The highest BCUT2D eigenvalue weighted by Crippen LogP contribution is 2.14. The first kappa shape index (κ1) is 19.1. The molecule has 0 saturated heterocycles. The average Bonchev–Trinajstić information content (AvgIpc) is 3.03. The number of nitrogens with zero attached hydrogens (tertiary/aromatic N) is 3. The smallest absolute Gasteiger partial charge is 0.262 e. The molecule has 2 N–H and O–H groups in total. The standard InChI is InChI=1S/C21H21N5O2S/c1-14-23-17-8-4-5-9-18(17)25(14)13-11-22-19(27)10-12-26-20(28)15-6-2-3-7-16(15)24-21(26)29/h2-9H,10-13H2,1H3,(H,22,27)(H,24,29). The van der Waals surface area contributed by atoms with Crippen LogP contribution in [0.5, 0.6) is 0 Å². The van der Waals surface area contributed by atoms with Crippen LogP contribution in [0.4, 0.5) is 0 Å². The third kappa shape index (κ3) is 3.84. The minimum atomic E-state index is -0.183. The number of amides is 1. The number of carbonyl (C=O) groups excluding carboxylic acids is 1. The summed E-state index contributed by atoms with van der Waals surface area (Å²) in [6, 6.07) is 15.1. The predicted octanol–water partition coefficient (Wildman–Crippen LogP) is 2.92. The number of aromatic nitrogens is 4. The molecule has 0 fully saturated rings. The number of aryl methyl sites for hydroxylation is 1. The van der Waals surface area contributed by atoms with Gasteiger partial charge in [-0.05, 0) is 43.4 Å². The van der Waals surface area contributed by atoms with Crippen LogP contribution >= 0.6 is 12.2 Å². The first-order chi connectivity index (χ1) is 14.0. The van der Waals surface area contributed by atoms with E-state index in [1.54, 1.807) is 12.1 Å². The number of H-pyrrole nitrogens is 1. The van der Waals surface area contributed by atoms with Gasteiger partial charge >= 0.3 is 0 Å². The minimum Gasteiger partial charge on any atom is -0.354 e. The molecule has 1 amide bonds. The highest BCUT2D eigenvalue weighted by atomic mass is 32.1. The number of para-hydroxylation sites is 3. The second-order valence-electron chi connectivity index (χ2n) is 6.83. The van der Waals surface area contributed by atoms with E-state index in [0.29, 0.717) is 28.8 Å². The normalized spacial score (nSPS) is 11.2. The molecule has 4 aromatic rings. The van der Waals surface area contributed by atoms with Crippen molar-refractivity contribution >= 4 is 40.1 Å². The van der Waals surface area contributed by atoms with Crippen LogP contribution < -0.4 is 10.9 Å². The molecule has 0 atom stereocenters. The average molecular weight is 407 g/mol. The lowest BCUT2D eigenvalue weighted by atomic mass is 10.2. The van der Waals surface area contributed by atoms with Crippen LogP contribution in [0.1, 0.15) is 12.2 Å². The van der Waals surface area contributed by atoms with Gasteiger partial charge in [-0.3, -0.25) is 14.2 Å². The third-order valence-electron chi connectivity index (χ3n) is 4.95. The number of hydrogen-bond donors (Lipinski definition) is 2. The van der Waals surface area contributed by atoms with Gasteiger partial charge in [-0.15, -0.1) is 0 Å². The molecule has 2 aromatic carbocycles. The summed E-state index contributed by atoms with van der Waals surface area (Å²) in [7, 11) is 0. The van der Waals surface area contributed by atoms with Gasteiger partial charge < -0.3 is 14.9 Å². The lowest BCUT2D eigenvalue weighted by Crippen LogP contribution is -2.30. The fourth-order valence-corrected chi connectivity index (χ4v) is 3.77. The number of rotatable bonds is 6. The van der Waals surface area contributed by atoms with Crippen LogP contribution in [-0.2, 0) is 17.9 Å². The van der Waals surface area contributed by atoms with Crippen molar-refractivity contribution in [3.63, 3.8) is 0 Å². The van der Waals surface area contributed by atoms with E-state index in [2.05, 4.69) is 19.9 Å². The summed E-state index contributed by atoms with van der Waals surface area (Å²) in [5.41, 5.74) is 2.51. The van der Waals surface area contributed by atoms with Gasteiger partial charge in [0.25, 0.3) is 5.56 Å². The second-order valence-corrected chi connectivity index (χ2v) is 7.22. The molecule has 29 heavy (non-hydrogen) atoms. The molecule has 8 heteroatoms. The van der Waals surface area contributed by atoms with E-state index in [4.69, 9.17) is 12.2 Å². The molecule has 0 aliphatic rings. The van der Waals surface area contributed by atoms with Gasteiger partial charge in [-0.2, -0.15) is 0 Å². The Morgan fingerprint density at radius 1 is 1.10 bits per heavy atom. The maximum absolute atomic E-state index is 12.6. The molecule has 0 unspecified atom stereocenters. The summed E-state index contributed by atoms with van der Waals surface area (Å²) >= 11 is 5.29. The van der Waals surface area contributed by atoms with Crippen LogP contribution in [0.2, 0.25) is 0 Å². The van der Waals surface area contributed by atoms with E-state index in [1.165, 1.54) is 4.57 Å². The number of imidazole rings is 1. The lowest BCUT2D eigenvalue weighted by Gasteiger charge is -2.10. The molecule has 0 aliphatic heterocycles. The van der Waals surface area contributed by atoms with Gasteiger partial charge in [-0.25, -0.2) is 4.98 Å². The molecule has 0 saturated carbocycles. The number of benzene rings is 2. The third-order valence-corrected chi connectivity index (χ3v) is 5.28. The van der Waals surface area contributed by atoms with E-state index < -0.39 is 0 Å². The van der Waals surface area contributed by atoms with Crippen LogP contribution in [0, 0.1) is 11.7 Å². The van der Waals surface area contributed by atoms with Gasteiger partial charge in [-0.1, -0.05) is 24.3 Å². The Labute approximate surface area is 172 Å². The van der Waals surface area contributed by atoms with Crippen molar-refractivity contribution in [2.45, 2.75) is 26.4 Å². The van der Waals surface area contributed by atoms with Crippen molar-refractivity contribution in [1.29, 1.82) is 0 Å². The first-order valence-electron chi connectivity index (χ1n) is 9.45. The number of fused-ring (bicyclic) bond motifs is 2. The van der Waals surface area contributed by atoms with Crippen molar-refractivity contribution in [3.05, 3.63) is 69.5 Å². The van der Waals surface area contributed by atoms with Crippen LogP contribution in [0.15, 0.2) is 53.3 Å². The van der Waals surface area contributed by atoms with Crippen molar-refractivity contribution in [3.8, 4) is 0 Å². The van der Waals surface area contributed by atoms with Crippen molar-refractivity contribution < 1.29 is 4.79 Å². The fraction of sp³-hybridized carbons (Fsp3) is 0.238. The zero-order valence-corrected chi connectivity index (χ0v) is 16.8. The summed E-state index contributed by atoms with van der Waals surface area (Å²) in [4.78, 5) is 32.5. The number of aromatic amines is 1. The quantitative estimate of drug-likeness (QED) is 0.481. The molecule has 0 aliphatic carbocycles. The molecular weight excluding hydrogens is 386 g/mol. The summed E-state index contributed by atoms with van der Waals surface area (Å²) in [6.07, 6.45) is 0.180. The Kier molecular flexibility index (Phi) is 5.26. The molecule has 2 heterocycles. The van der Waals surface area contributed by atoms with Gasteiger partial charge in [0.1, 0.15) is 5.82 Å². The number of hydrogen-bond acceptors (Lipinski definition) is 4. The Balaban J connectivity index is 1.38. The van der Waals surface area contributed by atoms with Crippen molar-refractivity contribution in [2.24, 2.45) is 0 Å². The van der Waals surface area contributed by atoms with E-state index >= 15 is 0 Å². The predicted molar refractivity (Wildman–Crippen MR) is 115 cm³/mol. The molecule has 2 aromatic heterocycles. The van der Waals surface area contributed by atoms with Gasteiger partial charge in [0.2, 0.25) is 5.91 Å². The zero-order chi connectivity index (χ0) is 20.4. The number of nitrogens with one attached hydrogen (secondary N) is 2. The molecule has 148 valence electrons. The summed E-state index contributed by atoms with van der Waals surface area (Å²) in [6.45, 7) is 3.31. The second kappa shape index (κ2) is 8.00. The van der Waals surface area contributed by atoms with Crippen LogP contribution in [0.25, 0.3) is 21.9 Å². The Morgan fingerprint density at radius 2 is 1.86 bits per heavy atom. The minimum absolute atomic E-state index is 0.124. The molecule has 4 rings (SSSR count). The van der Waals surface area contributed by atoms with Crippen molar-refractivity contribution in [1.82, 2.24) is 24.4 Å². The largest absolute Gasteiger partial charge is 0.354 e. The molecule has 0 spiro atoms. The molecular formula is C21H21N5O2S. The monoisotopic (exact) mass is 407 g/mol. The SMILES string of the molecule is Cc1nc2ccccc2n1CCNC(=O)CCn1c(=S)[nH]c2ccccc2c1=O. The summed E-state index contributed by atoms with van der Waals surface area (Å²) in [5, 5.41) is 3.47. The highest BCUT2D eigenvalue weighted by Gasteiger charge is 2.09. The Hall–Kier alpha value is -3.26. The zero-order valence-electron chi connectivity index (χ0n) is 16.0. The maximum atomic E-state index is 12.6. The van der Waals surface area contributed by atoms with Crippen molar-refractivity contribution in [2.75, 3.05) is 6.54 Å². The topological polar surface area (TPSA) is 84.7 Å². The summed E-state index contributed by atoms with van der Waals surface area (Å²) < 4.78 is 3.84. The Morgan fingerprint density at radius 3 is 2.72 bits per heavy atom. The van der Waals surface area contributed by atoms with Crippen LogP contribution in [-0.4, -0.2) is 31.6 Å². The Bertz CT molecular complexity index is 1320. The molecule has 0 radical (unpaired) electrons. The molecule has 7 nitrogen and oxygen atoms in total. The highest BCUT2D eigenvalue weighted by molar-refractivity contribution is 7.71. The number of carbonyl (C=O) groups is 1. The van der Waals surface area contributed by atoms with E-state index in [-0.39, 0.29) is 24.4 Å². The first-order valence-corrected chi connectivity index (χ1v) is 9.86. The fourth-order valence-electron chi connectivity index (χ4n) is 3.49. The van der Waals surface area contributed by atoms with E-state index in [1.807, 2.05) is 43.3 Å². The maximum Gasteiger partial charge on any atom is 0.262 e. The van der Waals surface area contributed by atoms with Gasteiger partial charge in [0.05, 0.1) is 21.9 Å². The summed E-state index contributed by atoms with van der Waals surface area (Å²) in [5.74, 6) is 0.788. The lowest BCUT2D eigenvalue weighted by molar-refractivity contribution is -0.121.